The number of ether oxygens (including phenoxy) is 1. The second kappa shape index (κ2) is 8.95. The first kappa shape index (κ1) is 21.8. The molecule has 10 heteroatoms. The number of carbonyl (C=O) groups excluding carboxylic acids is 2. The topological polar surface area (TPSA) is 128 Å². The van der Waals surface area contributed by atoms with E-state index in [1.165, 1.54) is 12.1 Å². The third-order valence-electron chi connectivity index (χ3n) is 5.17. The number of benzene rings is 2. The van der Waals surface area contributed by atoms with Crippen LogP contribution in [0.15, 0.2) is 72.1 Å². The summed E-state index contributed by atoms with van der Waals surface area (Å²) in [5.41, 5.74) is 2.60. The molecule has 0 saturated heterocycles. The monoisotopic (exact) mass is 447 g/mol. The third kappa shape index (κ3) is 4.31. The minimum Gasteiger partial charge on any atom is -0.463 e. The minimum atomic E-state index is -0.871. The normalized spacial score (nSPS) is 15.6. The Balaban J connectivity index is 1.92. The van der Waals surface area contributed by atoms with Crippen LogP contribution in [0, 0.1) is 10.1 Å². The van der Waals surface area contributed by atoms with E-state index in [9.17, 15) is 19.7 Å². The standard InChI is InChI=1S/C23H21N5O5/c1-3-33-22(29)19-14(2)24-23(30)25-21(19)18-13-27(16-9-5-4-6-10-16)26-20(18)15-8-7-11-17(12-15)28(31)32/h4-13,21H,3H2,1-2H3,(H2,24,25,30)/t21-/m1/s1. The van der Waals surface area contributed by atoms with Gasteiger partial charge in [0.1, 0.15) is 0 Å². The zero-order valence-corrected chi connectivity index (χ0v) is 17.9. The van der Waals surface area contributed by atoms with Crippen LogP contribution in [0.3, 0.4) is 0 Å². The van der Waals surface area contributed by atoms with Gasteiger partial charge < -0.3 is 15.4 Å². The lowest BCUT2D eigenvalue weighted by molar-refractivity contribution is -0.384. The Hall–Kier alpha value is -4.47. The summed E-state index contributed by atoms with van der Waals surface area (Å²) in [6, 6.07) is 14.0. The van der Waals surface area contributed by atoms with Crippen LogP contribution in [-0.2, 0) is 9.53 Å². The lowest BCUT2D eigenvalue weighted by atomic mass is 9.93. The van der Waals surface area contributed by atoms with Crippen molar-refractivity contribution in [1.82, 2.24) is 20.4 Å². The van der Waals surface area contributed by atoms with Crippen molar-refractivity contribution in [2.45, 2.75) is 19.9 Å². The summed E-state index contributed by atoms with van der Waals surface area (Å²) in [7, 11) is 0. The molecule has 168 valence electrons. The highest BCUT2D eigenvalue weighted by Crippen LogP contribution is 2.35. The summed E-state index contributed by atoms with van der Waals surface area (Å²) in [4.78, 5) is 36.0. The number of allylic oxidation sites excluding steroid dienone is 1. The van der Waals surface area contributed by atoms with Gasteiger partial charge in [-0.25, -0.2) is 14.3 Å². The van der Waals surface area contributed by atoms with E-state index in [4.69, 9.17) is 4.74 Å². The number of nitrogens with zero attached hydrogens (tertiary/aromatic N) is 3. The molecule has 2 amide bonds. The maximum atomic E-state index is 12.8. The number of rotatable bonds is 6. The lowest BCUT2D eigenvalue weighted by Gasteiger charge is -2.27. The number of esters is 1. The maximum Gasteiger partial charge on any atom is 0.338 e. The molecule has 0 aliphatic carbocycles. The van der Waals surface area contributed by atoms with Gasteiger partial charge in [-0.1, -0.05) is 30.3 Å². The largest absolute Gasteiger partial charge is 0.463 e. The fourth-order valence-corrected chi connectivity index (χ4v) is 3.71. The van der Waals surface area contributed by atoms with E-state index in [1.807, 2.05) is 30.3 Å². The van der Waals surface area contributed by atoms with Gasteiger partial charge in [0.15, 0.2) is 0 Å². The van der Waals surface area contributed by atoms with Crippen molar-refractivity contribution in [2.75, 3.05) is 6.61 Å². The van der Waals surface area contributed by atoms with Gasteiger partial charge in [0.05, 0.1) is 34.5 Å². The highest BCUT2D eigenvalue weighted by molar-refractivity contribution is 5.95. The molecule has 0 radical (unpaired) electrons. The second-order valence-corrected chi connectivity index (χ2v) is 7.31. The molecule has 4 rings (SSSR count). The van der Waals surface area contributed by atoms with Gasteiger partial charge in [0.25, 0.3) is 5.69 Å². The number of nitro groups is 1. The SMILES string of the molecule is CCOC(=O)C1=C(C)NC(=O)N[C@@H]1c1cn(-c2ccccc2)nc1-c1cccc([N+](=O)[O-])c1. The summed E-state index contributed by atoms with van der Waals surface area (Å²) >= 11 is 0. The predicted molar refractivity (Wildman–Crippen MR) is 119 cm³/mol. The van der Waals surface area contributed by atoms with Crippen LogP contribution in [-0.4, -0.2) is 33.3 Å². The van der Waals surface area contributed by atoms with Crippen LogP contribution in [0.25, 0.3) is 16.9 Å². The third-order valence-corrected chi connectivity index (χ3v) is 5.17. The molecular weight excluding hydrogens is 426 g/mol. The van der Waals surface area contributed by atoms with Crippen LogP contribution in [0.5, 0.6) is 0 Å². The molecule has 0 spiro atoms. The molecule has 1 atom stereocenters. The first-order chi connectivity index (χ1) is 15.9. The van der Waals surface area contributed by atoms with Crippen LogP contribution in [0.2, 0.25) is 0 Å². The summed E-state index contributed by atoms with van der Waals surface area (Å²) in [6.07, 6.45) is 1.70. The Morgan fingerprint density at radius 2 is 1.97 bits per heavy atom. The fraction of sp³-hybridized carbons (Fsp3) is 0.174. The number of para-hydroxylation sites is 1. The van der Waals surface area contributed by atoms with Crippen LogP contribution in [0.1, 0.15) is 25.5 Å². The molecule has 0 saturated carbocycles. The molecule has 2 N–H and O–H groups in total. The summed E-state index contributed by atoms with van der Waals surface area (Å²) in [5, 5.41) is 21.4. The van der Waals surface area contributed by atoms with Crippen LogP contribution in [0.4, 0.5) is 10.5 Å². The Bertz CT molecular complexity index is 1270. The number of non-ortho nitro benzene ring substituents is 1. The molecule has 1 aromatic heterocycles. The minimum absolute atomic E-state index is 0.0978. The average Bonchev–Trinajstić information content (AvgIpc) is 3.25. The van der Waals surface area contributed by atoms with Crippen molar-refractivity contribution in [1.29, 1.82) is 0 Å². The summed E-state index contributed by atoms with van der Waals surface area (Å²) in [5.74, 6) is -0.579. The smallest absolute Gasteiger partial charge is 0.338 e. The quantitative estimate of drug-likeness (QED) is 0.337. The Kier molecular flexibility index (Phi) is 5.90. The van der Waals surface area contributed by atoms with Crippen molar-refractivity contribution in [3.63, 3.8) is 0 Å². The van der Waals surface area contributed by atoms with Gasteiger partial charge >= 0.3 is 12.0 Å². The molecular formula is C23H21N5O5. The molecule has 2 heterocycles. The number of carbonyl (C=O) groups is 2. The highest BCUT2D eigenvalue weighted by atomic mass is 16.6. The molecule has 3 aromatic rings. The number of aromatic nitrogens is 2. The number of nitro benzene ring substituents is 1. The van der Waals surface area contributed by atoms with E-state index in [0.717, 1.165) is 5.69 Å². The van der Waals surface area contributed by atoms with E-state index in [1.54, 1.807) is 36.9 Å². The van der Waals surface area contributed by atoms with Crippen molar-refractivity contribution < 1.29 is 19.2 Å². The molecule has 1 aliphatic rings. The number of hydrogen-bond donors (Lipinski definition) is 2. The number of urea groups is 1. The summed E-state index contributed by atoms with van der Waals surface area (Å²) in [6.45, 7) is 3.48. The number of amides is 2. The predicted octanol–water partition coefficient (Wildman–Crippen LogP) is 3.64. The van der Waals surface area contributed by atoms with E-state index in [2.05, 4.69) is 15.7 Å². The van der Waals surface area contributed by atoms with Crippen LogP contribution < -0.4 is 10.6 Å². The van der Waals surface area contributed by atoms with E-state index in [-0.39, 0.29) is 17.9 Å². The Morgan fingerprint density at radius 3 is 2.67 bits per heavy atom. The molecule has 10 nitrogen and oxygen atoms in total. The van der Waals surface area contributed by atoms with E-state index in [0.29, 0.717) is 22.5 Å². The van der Waals surface area contributed by atoms with Crippen molar-refractivity contribution in [2.24, 2.45) is 0 Å². The summed E-state index contributed by atoms with van der Waals surface area (Å²) < 4.78 is 6.83. The van der Waals surface area contributed by atoms with Gasteiger partial charge in [-0.15, -0.1) is 0 Å². The molecule has 0 fully saturated rings. The molecule has 0 bridgehead atoms. The molecule has 33 heavy (non-hydrogen) atoms. The molecule has 2 aromatic carbocycles. The van der Waals surface area contributed by atoms with Gasteiger partial charge in [-0.2, -0.15) is 5.10 Å². The van der Waals surface area contributed by atoms with Crippen molar-refractivity contribution >= 4 is 17.7 Å². The van der Waals surface area contributed by atoms with Gasteiger partial charge in [0.2, 0.25) is 0 Å². The fourth-order valence-electron chi connectivity index (χ4n) is 3.71. The first-order valence-electron chi connectivity index (χ1n) is 10.2. The first-order valence-corrected chi connectivity index (χ1v) is 10.2. The van der Waals surface area contributed by atoms with Crippen LogP contribution >= 0.6 is 0 Å². The lowest BCUT2D eigenvalue weighted by Crippen LogP contribution is -2.45. The zero-order chi connectivity index (χ0) is 23.5. The second-order valence-electron chi connectivity index (χ2n) is 7.31. The van der Waals surface area contributed by atoms with Gasteiger partial charge in [-0.05, 0) is 26.0 Å². The maximum absolute atomic E-state index is 12.8. The number of nitrogens with one attached hydrogen (secondary N) is 2. The Labute approximate surface area is 189 Å². The van der Waals surface area contributed by atoms with Gasteiger partial charge in [0, 0.05) is 35.2 Å². The average molecular weight is 447 g/mol. The van der Waals surface area contributed by atoms with E-state index < -0.39 is 23.0 Å². The van der Waals surface area contributed by atoms with Crippen molar-refractivity contribution in [3.8, 4) is 16.9 Å². The van der Waals surface area contributed by atoms with Gasteiger partial charge in [-0.3, -0.25) is 10.1 Å². The highest BCUT2D eigenvalue weighted by Gasteiger charge is 2.35. The van der Waals surface area contributed by atoms with Crippen molar-refractivity contribution in [3.05, 3.63) is 87.7 Å². The van der Waals surface area contributed by atoms with E-state index >= 15 is 0 Å². The zero-order valence-electron chi connectivity index (χ0n) is 17.9. The number of hydrogen-bond acceptors (Lipinski definition) is 6. The molecule has 1 aliphatic heterocycles. The molecule has 0 unspecified atom stereocenters. The Morgan fingerprint density at radius 1 is 1.21 bits per heavy atom.